The molecule has 10 nitrogen and oxygen atoms in total. The Hall–Kier alpha value is -4.35. The first-order chi connectivity index (χ1) is 19.7. The predicted octanol–water partition coefficient (Wildman–Crippen LogP) is 5.58. The van der Waals surface area contributed by atoms with Gasteiger partial charge in [-0.2, -0.15) is 0 Å². The van der Waals surface area contributed by atoms with Gasteiger partial charge in [-0.3, -0.25) is 19.7 Å². The number of rotatable bonds is 10. The van der Waals surface area contributed by atoms with Crippen LogP contribution in [0.15, 0.2) is 70.7 Å². The van der Waals surface area contributed by atoms with E-state index in [1.165, 1.54) is 25.3 Å². The summed E-state index contributed by atoms with van der Waals surface area (Å²) in [6, 6.07) is 15.3. The second-order valence-electron chi connectivity index (χ2n) is 8.65. The number of nitrogens with zero attached hydrogens (tertiary/aromatic N) is 1. The lowest BCUT2D eigenvalue weighted by Gasteiger charge is -2.27. The van der Waals surface area contributed by atoms with Gasteiger partial charge >= 0.3 is 6.03 Å². The van der Waals surface area contributed by atoms with Crippen molar-refractivity contribution in [3.63, 3.8) is 0 Å². The molecule has 0 radical (unpaired) electrons. The lowest BCUT2D eigenvalue weighted by Crippen LogP contribution is -2.54. The maximum atomic E-state index is 13.3. The molecular weight excluding hydrogens is 618 g/mol. The van der Waals surface area contributed by atoms with Crippen LogP contribution < -0.4 is 29.7 Å². The maximum absolute atomic E-state index is 13.3. The van der Waals surface area contributed by atoms with E-state index in [9.17, 15) is 19.2 Å². The van der Waals surface area contributed by atoms with Crippen LogP contribution in [0.1, 0.15) is 18.9 Å². The van der Waals surface area contributed by atoms with Crippen LogP contribution in [0.5, 0.6) is 17.2 Å². The quantitative estimate of drug-likeness (QED) is 0.219. The second-order valence-corrected chi connectivity index (χ2v) is 9.91. The average molecular weight is 643 g/mol. The number of amides is 5. The molecule has 0 unspecified atom stereocenters. The molecule has 0 saturated carbocycles. The SMILES string of the molecule is CCCOc1ccc(N2C(=O)NC(=O)/C(=C/c3ccc(OCC(=O)Nc4ccccc4Cl)c(Br)c3)C2=O)cc1OC. The number of methoxy groups -OCH3 is 1. The zero-order valence-corrected chi connectivity index (χ0v) is 24.4. The van der Waals surface area contributed by atoms with E-state index in [0.717, 1.165) is 11.3 Å². The molecule has 212 valence electrons. The van der Waals surface area contributed by atoms with Crippen molar-refractivity contribution in [2.45, 2.75) is 13.3 Å². The van der Waals surface area contributed by atoms with E-state index in [2.05, 4.69) is 26.6 Å². The van der Waals surface area contributed by atoms with Gasteiger partial charge in [-0.1, -0.05) is 36.7 Å². The third kappa shape index (κ3) is 7.05. The number of halogens is 2. The molecule has 4 rings (SSSR count). The van der Waals surface area contributed by atoms with Crippen LogP contribution in [0.3, 0.4) is 0 Å². The fraction of sp³-hybridized carbons (Fsp3) is 0.172. The molecule has 0 bridgehead atoms. The Morgan fingerprint density at radius 3 is 2.49 bits per heavy atom. The fourth-order valence-electron chi connectivity index (χ4n) is 3.80. The van der Waals surface area contributed by atoms with Gasteiger partial charge in [0.05, 0.1) is 34.6 Å². The number of carbonyl (C=O) groups is 4. The van der Waals surface area contributed by atoms with Crippen LogP contribution in [-0.2, 0) is 14.4 Å². The number of hydrogen-bond donors (Lipinski definition) is 2. The lowest BCUT2D eigenvalue weighted by molar-refractivity contribution is -0.122. The first kappa shape index (κ1) is 29.6. The first-order valence-corrected chi connectivity index (χ1v) is 13.6. The van der Waals surface area contributed by atoms with Gasteiger partial charge in [-0.05, 0) is 70.4 Å². The van der Waals surface area contributed by atoms with Crippen molar-refractivity contribution in [1.82, 2.24) is 5.32 Å². The van der Waals surface area contributed by atoms with Crippen LogP contribution in [-0.4, -0.2) is 44.1 Å². The zero-order chi connectivity index (χ0) is 29.5. The molecule has 0 atom stereocenters. The highest BCUT2D eigenvalue weighted by atomic mass is 79.9. The highest BCUT2D eigenvalue weighted by Crippen LogP contribution is 2.34. The standard InChI is InChI=1S/C29H25BrClN3O7/c1-3-12-40-24-11-9-18(15-25(24)39-2)34-28(37)19(27(36)33-29(34)38)13-17-8-10-23(20(30)14-17)41-16-26(35)32-22-7-5-4-6-21(22)31/h4-11,13-15H,3,12,16H2,1-2H3,(H,32,35)(H,33,36,38)/b19-13-. The van der Waals surface area contributed by atoms with E-state index in [4.69, 9.17) is 25.8 Å². The van der Waals surface area contributed by atoms with Crippen LogP contribution in [0.25, 0.3) is 6.08 Å². The molecule has 1 saturated heterocycles. The summed E-state index contributed by atoms with van der Waals surface area (Å²) in [4.78, 5) is 51.7. The van der Waals surface area contributed by atoms with Crippen molar-refractivity contribution >= 4 is 68.7 Å². The van der Waals surface area contributed by atoms with Crippen LogP contribution >= 0.6 is 27.5 Å². The van der Waals surface area contributed by atoms with Gasteiger partial charge in [0.1, 0.15) is 11.3 Å². The van der Waals surface area contributed by atoms with E-state index >= 15 is 0 Å². The molecule has 1 heterocycles. The van der Waals surface area contributed by atoms with E-state index in [1.807, 2.05) is 6.92 Å². The second kappa shape index (κ2) is 13.3. The van der Waals surface area contributed by atoms with Gasteiger partial charge in [0.2, 0.25) is 0 Å². The summed E-state index contributed by atoms with van der Waals surface area (Å²) >= 11 is 9.45. The Morgan fingerprint density at radius 2 is 1.78 bits per heavy atom. The predicted molar refractivity (Wildman–Crippen MR) is 158 cm³/mol. The summed E-state index contributed by atoms with van der Waals surface area (Å²) in [6.07, 6.45) is 2.14. The van der Waals surface area contributed by atoms with Crippen molar-refractivity contribution in [2.75, 3.05) is 30.5 Å². The highest BCUT2D eigenvalue weighted by Gasteiger charge is 2.37. The fourth-order valence-corrected chi connectivity index (χ4v) is 4.50. The van der Waals surface area contributed by atoms with Gasteiger partial charge in [0, 0.05) is 6.07 Å². The smallest absolute Gasteiger partial charge is 0.335 e. The minimum atomic E-state index is -0.888. The van der Waals surface area contributed by atoms with Crippen LogP contribution in [0.2, 0.25) is 5.02 Å². The third-order valence-corrected chi connectivity index (χ3v) is 6.69. The third-order valence-electron chi connectivity index (χ3n) is 5.74. The van der Waals surface area contributed by atoms with E-state index in [0.29, 0.717) is 44.6 Å². The zero-order valence-electron chi connectivity index (χ0n) is 22.0. The van der Waals surface area contributed by atoms with Crippen molar-refractivity contribution < 1.29 is 33.4 Å². The minimum Gasteiger partial charge on any atom is -0.493 e. The molecule has 12 heteroatoms. The largest absolute Gasteiger partial charge is 0.493 e. The molecular formula is C29H25BrClN3O7. The van der Waals surface area contributed by atoms with Gasteiger partial charge in [0.15, 0.2) is 18.1 Å². The highest BCUT2D eigenvalue weighted by molar-refractivity contribution is 9.10. The average Bonchev–Trinajstić information content (AvgIpc) is 2.95. The minimum absolute atomic E-state index is 0.201. The number of anilines is 2. The van der Waals surface area contributed by atoms with Crippen molar-refractivity contribution in [2.24, 2.45) is 0 Å². The van der Waals surface area contributed by atoms with Gasteiger partial charge in [-0.25, -0.2) is 9.69 Å². The molecule has 3 aromatic carbocycles. The number of para-hydroxylation sites is 1. The number of nitrogens with one attached hydrogen (secondary N) is 2. The van der Waals surface area contributed by atoms with Gasteiger partial charge < -0.3 is 19.5 Å². The summed E-state index contributed by atoms with van der Waals surface area (Å²) in [5, 5.41) is 5.26. The van der Waals surface area contributed by atoms with E-state index < -0.39 is 23.8 Å². The lowest BCUT2D eigenvalue weighted by atomic mass is 10.1. The number of hydrogen-bond acceptors (Lipinski definition) is 7. The Kier molecular flexibility index (Phi) is 9.64. The number of urea groups is 1. The molecule has 3 aromatic rings. The number of carbonyl (C=O) groups excluding carboxylic acids is 4. The van der Waals surface area contributed by atoms with E-state index in [-0.39, 0.29) is 17.9 Å². The number of benzene rings is 3. The summed E-state index contributed by atoms with van der Waals surface area (Å²) in [7, 11) is 1.45. The molecule has 1 fully saturated rings. The Morgan fingerprint density at radius 1 is 1.02 bits per heavy atom. The Balaban J connectivity index is 1.50. The first-order valence-electron chi connectivity index (χ1n) is 12.4. The molecule has 1 aliphatic rings. The Labute approximate surface area is 249 Å². The van der Waals surface area contributed by atoms with Gasteiger partial charge in [-0.15, -0.1) is 0 Å². The number of ether oxygens (including phenoxy) is 3. The van der Waals surface area contributed by atoms with E-state index in [1.54, 1.807) is 48.5 Å². The summed E-state index contributed by atoms with van der Waals surface area (Å²) in [6.45, 7) is 2.15. The molecule has 2 N–H and O–H groups in total. The number of imide groups is 2. The normalized spacial score (nSPS) is 14.1. The monoisotopic (exact) mass is 641 g/mol. The van der Waals surface area contributed by atoms with Crippen LogP contribution in [0.4, 0.5) is 16.2 Å². The topological polar surface area (TPSA) is 123 Å². The molecule has 5 amide bonds. The van der Waals surface area contributed by atoms with Crippen LogP contribution in [0, 0.1) is 0 Å². The van der Waals surface area contributed by atoms with Crippen molar-refractivity contribution in [1.29, 1.82) is 0 Å². The summed E-state index contributed by atoms with van der Waals surface area (Å²) in [5.41, 5.74) is 0.880. The van der Waals surface area contributed by atoms with Crippen molar-refractivity contribution in [3.8, 4) is 17.2 Å². The summed E-state index contributed by atoms with van der Waals surface area (Å²) in [5.74, 6) is -0.904. The van der Waals surface area contributed by atoms with Gasteiger partial charge in [0.25, 0.3) is 17.7 Å². The van der Waals surface area contributed by atoms with Crippen molar-refractivity contribution in [3.05, 3.63) is 81.3 Å². The Bertz CT molecular complexity index is 1540. The molecule has 1 aliphatic heterocycles. The molecule has 41 heavy (non-hydrogen) atoms. The molecule has 0 spiro atoms. The molecule has 0 aromatic heterocycles. The maximum Gasteiger partial charge on any atom is 0.335 e. The number of barbiturate groups is 1. The summed E-state index contributed by atoms with van der Waals surface area (Å²) < 4.78 is 17.1. The molecule has 0 aliphatic carbocycles.